The second-order valence-corrected chi connectivity index (χ2v) is 7.66. The number of hydrogen-bond acceptors (Lipinski definition) is 4. The molecule has 1 saturated carbocycles. The Labute approximate surface area is 168 Å². The summed E-state index contributed by atoms with van der Waals surface area (Å²) < 4.78 is 38.5. The molecule has 2 aromatic rings. The van der Waals surface area contributed by atoms with E-state index in [0.717, 1.165) is 37.8 Å². The largest absolute Gasteiger partial charge is 0.448 e. The maximum Gasteiger partial charge on any atom is 0.251 e. The highest BCUT2D eigenvalue weighted by atomic mass is 19.2. The average molecular weight is 402 g/mol. The maximum absolute atomic E-state index is 13.4. The van der Waals surface area contributed by atoms with E-state index in [9.17, 15) is 13.6 Å². The molecule has 2 aliphatic rings. The molecule has 1 aliphatic carbocycles. The smallest absolute Gasteiger partial charge is 0.251 e. The van der Waals surface area contributed by atoms with Crippen molar-refractivity contribution in [1.82, 2.24) is 5.32 Å². The van der Waals surface area contributed by atoms with Crippen LogP contribution in [-0.2, 0) is 4.79 Å². The van der Waals surface area contributed by atoms with Gasteiger partial charge in [0.05, 0.1) is 6.54 Å². The van der Waals surface area contributed by atoms with E-state index in [4.69, 9.17) is 9.47 Å². The summed E-state index contributed by atoms with van der Waals surface area (Å²) in [7, 11) is 0. The van der Waals surface area contributed by atoms with Gasteiger partial charge < -0.3 is 20.1 Å². The first-order valence-electron chi connectivity index (χ1n) is 9.94. The van der Waals surface area contributed by atoms with E-state index in [1.807, 2.05) is 6.07 Å². The number of anilines is 1. The molecule has 0 radical (unpaired) electrons. The van der Waals surface area contributed by atoms with Crippen molar-refractivity contribution in [3.8, 4) is 11.5 Å². The van der Waals surface area contributed by atoms with Crippen LogP contribution in [0.4, 0.5) is 14.5 Å². The molecule has 1 aliphatic heterocycles. The van der Waals surface area contributed by atoms with Crippen LogP contribution >= 0.6 is 0 Å². The Kier molecular flexibility index (Phi) is 5.41. The lowest BCUT2D eigenvalue weighted by molar-refractivity contribution is -0.115. The van der Waals surface area contributed by atoms with Gasteiger partial charge in [0.1, 0.15) is 0 Å². The van der Waals surface area contributed by atoms with Crippen molar-refractivity contribution in [2.75, 3.05) is 11.9 Å². The predicted molar refractivity (Wildman–Crippen MR) is 105 cm³/mol. The first-order valence-corrected chi connectivity index (χ1v) is 9.94. The summed E-state index contributed by atoms with van der Waals surface area (Å²) in [6, 6.07) is 8.76. The van der Waals surface area contributed by atoms with Crippen molar-refractivity contribution in [1.29, 1.82) is 0 Å². The molecule has 2 aromatic carbocycles. The molecule has 1 heterocycles. The number of hydrogen-bond donors (Lipinski definition) is 2. The van der Waals surface area contributed by atoms with Crippen LogP contribution in [0.1, 0.15) is 50.6 Å². The van der Waals surface area contributed by atoms with E-state index in [0.29, 0.717) is 22.7 Å². The molecule has 0 aromatic heterocycles. The Morgan fingerprint density at radius 2 is 1.79 bits per heavy atom. The molecule has 1 spiro atoms. The van der Waals surface area contributed by atoms with E-state index in [1.165, 1.54) is 12.5 Å². The first kappa shape index (κ1) is 19.6. The van der Waals surface area contributed by atoms with Crippen molar-refractivity contribution in [2.24, 2.45) is 0 Å². The van der Waals surface area contributed by atoms with Gasteiger partial charge in [0.15, 0.2) is 23.1 Å². The molecular formula is C22H24F2N2O3. The Balaban J connectivity index is 1.32. The number of carbonyl (C=O) groups is 1. The van der Waals surface area contributed by atoms with Gasteiger partial charge in [0.25, 0.3) is 5.79 Å². The lowest BCUT2D eigenvalue weighted by atomic mass is 9.94. The number of rotatable bonds is 5. The zero-order valence-corrected chi connectivity index (χ0v) is 16.3. The van der Waals surface area contributed by atoms with Crippen LogP contribution in [0.25, 0.3) is 0 Å². The fraction of sp³-hybridized carbons (Fsp3) is 0.409. The lowest BCUT2D eigenvalue weighted by Crippen LogP contribution is -2.40. The van der Waals surface area contributed by atoms with Crippen molar-refractivity contribution >= 4 is 11.6 Å². The van der Waals surface area contributed by atoms with Crippen LogP contribution in [-0.4, -0.2) is 18.2 Å². The van der Waals surface area contributed by atoms with E-state index in [1.54, 1.807) is 19.1 Å². The fourth-order valence-electron chi connectivity index (χ4n) is 3.82. The summed E-state index contributed by atoms with van der Waals surface area (Å²) in [6.45, 7) is 1.81. The molecule has 5 nitrogen and oxygen atoms in total. The van der Waals surface area contributed by atoms with E-state index >= 15 is 0 Å². The molecule has 7 heteroatoms. The summed E-state index contributed by atoms with van der Waals surface area (Å²) in [6.07, 6.45) is 5.10. The molecule has 2 N–H and O–H groups in total. The zero-order valence-electron chi connectivity index (χ0n) is 16.3. The molecule has 0 bridgehead atoms. The number of benzene rings is 2. The van der Waals surface area contributed by atoms with Crippen LogP contribution in [0.5, 0.6) is 11.5 Å². The minimum Gasteiger partial charge on any atom is -0.448 e. The minimum absolute atomic E-state index is 0.0263. The Morgan fingerprint density at radius 1 is 1.03 bits per heavy atom. The molecule has 29 heavy (non-hydrogen) atoms. The van der Waals surface area contributed by atoms with Crippen molar-refractivity contribution < 1.29 is 23.0 Å². The molecule has 0 saturated heterocycles. The second kappa shape index (κ2) is 7.99. The Hall–Kier alpha value is -2.67. The average Bonchev–Trinajstić information content (AvgIpc) is 3.05. The van der Waals surface area contributed by atoms with Gasteiger partial charge in [-0.05, 0) is 49.6 Å². The summed E-state index contributed by atoms with van der Waals surface area (Å²) in [5.74, 6) is -1.24. The topological polar surface area (TPSA) is 59.6 Å². The van der Waals surface area contributed by atoms with Gasteiger partial charge in [-0.15, -0.1) is 0 Å². The van der Waals surface area contributed by atoms with Crippen molar-refractivity contribution in [3.63, 3.8) is 0 Å². The van der Waals surface area contributed by atoms with Crippen LogP contribution in [0.15, 0.2) is 36.4 Å². The lowest BCUT2D eigenvalue weighted by Gasteiger charge is -2.31. The molecular weight excluding hydrogens is 378 g/mol. The Morgan fingerprint density at radius 3 is 2.55 bits per heavy atom. The zero-order chi connectivity index (χ0) is 20.4. The number of fused-ring (bicyclic) bond motifs is 1. The van der Waals surface area contributed by atoms with Crippen molar-refractivity contribution in [2.45, 2.75) is 50.9 Å². The van der Waals surface area contributed by atoms with Gasteiger partial charge in [-0.2, -0.15) is 0 Å². The second-order valence-electron chi connectivity index (χ2n) is 7.66. The highest BCUT2D eigenvalue weighted by molar-refractivity contribution is 5.92. The number of ether oxygens (including phenoxy) is 2. The van der Waals surface area contributed by atoms with Gasteiger partial charge in [0.2, 0.25) is 5.91 Å². The van der Waals surface area contributed by atoms with Crippen LogP contribution in [0, 0.1) is 11.6 Å². The van der Waals surface area contributed by atoms with E-state index in [2.05, 4.69) is 10.6 Å². The SMILES string of the molecule is CC(NCC(=O)Nc1ccc2c(c1)OC1(CCCCC1)O2)c1ccc(F)c(F)c1. The maximum atomic E-state index is 13.4. The van der Waals surface area contributed by atoms with Gasteiger partial charge >= 0.3 is 0 Å². The summed E-state index contributed by atoms with van der Waals surface area (Å²) >= 11 is 0. The molecule has 1 unspecified atom stereocenters. The fourth-order valence-corrected chi connectivity index (χ4v) is 3.82. The monoisotopic (exact) mass is 402 g/mol. The van der Waals surface area contributed by atoms with Crippen LogP contribution in [0.3, 0.4) is 0 Å². The highest BCUT2D eigenvalue weighted by Gasteiger charge is 2.42. The van der Waals surface area contributed by atoms with Crippen LogP contribution in [0.2, 0.25) is 0 Å². The third-order valence-corrected chi connectivity index (χ3v) is 5.45. The number of nitrogens with one attached hydrogen (secondary N) is 2. The molecule has 4 rings (SSSR count). The van der Waals surface area contributed by atoms with E-state index in [-0.39, 0.29) is 18.5 Å². The number of carbonyl (C=O) groups excluding carboxylic acids is 1. The van der Waals surface area contributed by atoms with Gasteiger partial charge in [-0.25, -0.2) is 8.78 Å². The number of amides is 1. The molecule has 154 valence electrons. The highest BCUT2D eigenvalue weighted by Crippen LogP contribution is 2.46. The Bertz CT molecular complexity index is 913. The van der Waals surface area contributed by atoms with Gasteiger partial charge in [0, 0.05) is 30.6 Å². The normalized spacial score (nSPS) is 17.9. The first-order chi connectivity index (χ1) is 13.9. The minimum atomic E-state index is -0.906. The van der Waals surface area contributed by atoms with E-state index < -0.39 is 17.4 Å². The third kappa shape index (κ3) is 4.34. The number of halogens is 2. The third-order valence-electron chi connectivity index (χ3n) is 5.45. The van der Waals surface area contributed by atoms with Gasteiger partial charge in [-0.3, -0.25) is 4.79 Å². The predicted octanol–water partition coefficient (Wildman–Crippen LogP) is 4.69. The standard InChI is InChI=1S/C22H24F2N2O3/c1-14(15-5-7-17(23)18(24)11-15)25-13-21(27)26-16-6-8-19-20(12-16)29-22(28-19)9-3-2-4-10-22/h5-8,11-12,14,25H,2-4,9-10,13H2,1H3,(H,26,27). The van der Waals surface area contributed by atoms with Crippen LogP contribution < -0.4 is 20.1 Å². The molecule has 1 atom stereocenters. The quantitative estimate of drug-likeness (QED) is 0.762. The molecule has 1 fully saturated rings. The summed E-state index contributed by atoms with van der Waals surface area (Å²) in [5, 5.41) is 5.83. The van der Waals surface area contributed by atoms with Crippen molar-refractivity contribution in [3.05, 3.63) is 53.6 Å². The summed E-state index contributed by atoms with van der Waals surface area (Å²) in [5.41, 5.74) is 1.19. The molecule has 1 amide bonds. The summed E-state index contributed by atoms with van der Waals surface area (Å²) in [4.78, 5) is 12.3. The van der Waals surface area contributed by atoms with Gasteiger partial charge in [-0.1, -0.05) is 12.5 Å².